The molecule has 3 heteroatoms. The molecule has 0 heterocycles. The zero-order valence-corrected chi connectivity index (χ0v) is 15.4. The summed E-state index contributed by atoms with van der Waals surface area (Å²) < 4.78 is 11.2. The first kappa shape index (κ1) is 19.0. The Labute approximate surface area is 151 Å². The van der Waals surface area contributed by atoms with Crippen LogP contribution < -0.4 is 9.47 Å². The first-order chi connectivity index (χ1) is 12.3. The lowest BCUT2D eigenvalue weighted by atomic mass is 10.2. The van der Waals surface area contributed by atoms with Gasteiger partial charge in [-0.15, -0.1) is 0 Å². The predicted octanol–water partition coefficient (Wildman–Crippen LogP) is 6.19. The summed E-state index contributed by atoms with van der Waals surface area (Å²) in [7, 11) is 0. The topological polar surface area (TPSA) is 30.8 Å². The highest BCUT2D eigenvalue weighted by atomic mass is 16.5. The number of benzene rings is 2. The Balaban J connectivity index is 1.77. The molecule has 0 radical (unpaired) electrons. The van der Waals surface area contributed by atoms with Crippen molar-refractivity contribution >= 4 is 11.9 Å². The van der Waals surface area contributed by atoms with Crippen molar-refractivity contribution in [3.8, 4) is 11.5 Å². The Morgan fingerprint density at radius 1 is 0.760 bits per heavy atom. The molecule has 0 atom stereocenters. The van der Waals surface area contributed by atoms with Gasteiger partial charge in [0.1, 0.15) is 11.5 Å². The first-order valence-electron chi connectivity index (χ1n) is 9.31. The van der Waals surface area contributed by atoms with Gasteiger partial charge in [0.25, 0.3) is 0 Å². The molecule has 0 saturated heterocycles. The second-order valence-electron chi connectivity index (χ2n) is 6.02. The second kappa shape index (κ2) is 11.3. The zero-order chi connectivity index (χ0) is 17.7. The van der Waals surface area contributed by atoms with Crippen LogP contribution in [-0.4, -0.2) is 19.4 Å². The van der Waals surface area contributed by atoms with Crippen molar-refractivity contribution < 1.29 is 9.47 Å². The summed E-state index contributed by atoms with van der Waals surface area (Å²) in [5.74, 6) is 1.80. The minimum Gasteiger partial charge on any atom is -0.494 e. The molecule has 25 heavy (non-hydrogen) atoms. The van der Waals surface area contributed by atoms with Crippen LogP contribution in [0.25, 0.3) is 0 Å². The van der Waals surface area contributed by atoms with Crippen LogP contribution in [0.2, 0.25) is 0 Å². The number of aliphatic imine (C=N–C) groups is 1. The summed E-state index contributed by atoms with van der Waals surface area (Å²) in [6, 6.07) is 15.9. The van der Waals surface area contributed by atoms with Crippen molar-refractivity contribution in [3.63, 3.8) is 0 Å². The normalized spacial score (nSPS) is 11.0. The molecule has 0 N–H and O–H groups in total. The molecule has 0 aliphatic carbocycles. The average molecular weight is 339 g/mol. The molecule has 0 fully saturated rings. The van der Waals surface area contributed by atoms with Crippen molar-refractivity contribution in [2.75, 3.05) is 13.2 Å². The van der Waals surface area contributed by atoms with E-state index in [0.29, 0.717) is 6.61 Å². The highest BCUT2D eigenvalue weighted by molar-refractivity contribution is 5.82. The fourth-order valence-corrected chi connectivity index (χ4v) is 2.49. The molecule has 3 nitrogen and oxygen atoms in total. The Morgan fingerprint density at radius 2 is 1.40 bits per heavy atom. The van der Waals surface area contributed by atoms with Gasteiger partial charge in [0, 0.05) is 6.21 Å². The van der Waals surface area contributed by atoms with Crippen molar-refractivity contribution in [1.29, 1.82) is 0 Å². The summed E-state index contributed by atoms with van der Waals surface area (Å²) in [4.78, 5) is 4.49. The van der Waals surface area contributed by atoms with E-state index in [0.717, 1.165) is 35.8 Å². The SMILES string of the molecule is CCCCCCCOc1ccc(C=Nc2ccc(OCC)cc2)cc1. The van der Waals surface area contributed by atoms with E-state index in [2.05, 4.69) is 11.9 Å². The first-order valence-corrected chi connectivity index (χ1v) is 9.31. The van der Waals surface area contributed by atoms with E-state index in [1.54, 1.807) is 0 Å². The van der Waals surface area contributed by atoms with Crippen LogP contribution in [0.15, 0.2) is 53.5 Å². The number of unbranched alkanes of at least 4 members (excludes halogenated alkanes) is 4. The van der Waals surface area contributed by atoms with Gasteiger partial charge in [0.05, 0.1) is 18.9 Å². The van der Waals surface area contributed by atoms with Gasteiger partial charge in [-0.05, 0) is 67.4 Å². The maximum Gasteiger partial charge on any atom is 0.119 e. The lowest BCUT2D eigenvalue weighted by molar-refractivity contribution is 0.304. The molecule has 0 spiro atoms. The molecule has 0 amide bonds. The molecule has 0 unspecified atom stereocenters. The molecule has 0 bridgehead atoms. The third kappa shape index (κ3) is 7.42. The van der Waals surface area contributed by atoms with Crippen LogP contribution in [0.3, 0.4) is 0 Å². The van der Waals surface area contributed by atoms with Gasteiger partial charge in [-0.25, -0.2) is 0 Å². The maximum atomic E-state index is 5.78. The molecule has 0 aliphatic heterocycles. The Bertz CT molecular complexity index is 617. The number of nitrogens with zero attached hydrogens (tertiary/aromatic N) is 1. The van der Waals surface area contributed by atoms with Crippen molar-refractivity contribution in [1.82, 2.24) is 0 Å². The van der Waals surface area contributed by atoms with E-state index >= 15 is 0 Å². The van der Waals surface area contributed by atoms with Gasteiger partial charge in [0.15, 0.2) is 0 Å². The fourth-order valence-electron chi connectivity index (χ4n) is 2.49. The minimum absolute atomic E-state index is 0.676. The summed E-state index contributed by atoms with van der Waals surface area (Å²) >= 11 is 0. The summed E-state index contributed by atoms with van der Waals surface area (Å²) in [5, 5.41) is 0. The largest absolute Gasteiger partial charge is 0.494 e. The predicted molar refractivity (Wildman–Crippen MR) is 106 cm³/mol. The molecular formula is C22H29NO2. The van der Waals surface area contributed by atoms with Crippen LogP contribution in [-0.2, 0) is 0 Å². The number of hydrogen-bond acceptors (Lipinski definition) is 3. The van der Waals surface area contributed by atoms with Gasteiger partial charge >= 0.3 is 0 Å². The van der Waals surface area contributed by atoms with Crippen LogP contribution >= 0.6 is 0 Å². The van der Waals surface area contributed by atoms with Gasteiger partial charge in [-0.2, -0.15) is 0 Å². The van der Waals surface area contributed by atoms with E-state index in [1.165, 1.54) is 25.7 Å². The molecule has 2 aromatic rings. The zero-order valence-electron chi connectivity index (χ0n) is 15.4. The second-order valence-corrected chi connectivity index (χ2v) is 6.02. The third-order valence-corrected chi connectivity index (χ3v) is 3.91. The van der Waals surface area contributed by atoms with Gasteiger partial charge in [-0.1, -0.05) is 32.6 Å². The van der Waals surface area contributed by atoms with Crippen molar-refractivity contribution in [2.24, 2.45) is 4.99 Å². The molecule has 0 aliphatic rings. The lowest BCUT2D eigenvalue weighted by Crippen LogP contribution is -1.97. The Hall–Kier alpha value is -2.29. The van der Waals surface area contributed by atoms with E-state index in [-0.39, 0.29) is 0 Å². The average Bonchev–Trinajstić information content (AvgIpc) is 2.65. The number of ether oxygens (including phenoxy) is 2. The summed E-state index contributed by atoms with van der Waals surface area (Å²) in [6.07, 6.45) is 8.15. The molecule has 2 rings (SSSR count). The molecule has 134 valence electrons. The summed E-state index contributed by atoms with van der Waals surface area (Å²) in [5.41, 5.74) is 1.97. The fraction of sp³-hybridized carbons (Fsp3) is 0.409. The van der Waals surface area contributed by atoms with Gasteiger partial charge in [-0.3, -0.25) is 4.99 Å². The molecular weight excluding hydrogens is 310 g/mol. The van der Waals surface area contributed by atoms with E-state index in [9.17, 15) is 0 Å². The Kier molecular flexibility index (Phi) is 8.60. The smallest absolute Gasteiger partial charge is 0.119 e. The van der Waals surface area contributed by atoms with Crippen LogP contribution in [0, 0.1) is 0 Å². The highest BCUT2D eigenvalue weighted by Gasteiger charge is 1.96. The van der Waals surface area contributed by atoms with Crippen LogP contribution in [0.4, 0.5) is 5.69 Å². The van der Waals surface area contributed by atoms with Crippen molar-refractivity contribution in [2.45, 2.75) is 46.0 Å². The minimum atomic E-state index is 0.676. The monoisotopic (exact) mass is 339 g/mol. The number of hydrogen-bond donors (Lipinski definition) is 0. The van der Waals surface area contributed by atoms with E-state index in [1.807, 2.05) is 61.7 Å². The van der Waals surface area contributed by atoms with E-state index in [4.69, 9.17) is 9.47 Å². The highest BCUT2D eigenvalue weighted by Crippen LogP contribution is 2.18. The van der Waals surface area contributed by atoms with Crippen LogP contribution in [0.5, 0.6) is 11.5 Å². The molecule has 0 saturated carbocycles. The summed E-state index contributed by atoms with van der Waals surface area (Å²) in [6.45, 7) is 5.68. The van der Waals surface area contributed by atoms with Gasteiger partial charge in [0.2, 0.25) is 0 Å². The van der Waals surface area contributed by atoms with Gasteiger partial charge < -0.3 is 9.47 Å². The standard InChI is InChI=1S/C22H29NO2/c1-3-5-6-7-8-17-25-22-13-9-19(10-14-22)18-23-20-11-15-21(16-12-20)24-4-2/h9-16,18H,3-8,17H2,1-2H3. The maximum absolute atomic E-state index is 5.78. The van der Waals surface area contributed by atoms with E-state index < -0.39 is 0 Å². The number of rotatable bonds is 11. The van der Waals surface area contributed by atoms with Crippen LogP contribution in [0.1, 0.15) is 51.5 Å². The lowest BCUT2D eigenvalue weighted by Gasteiger charge is -2.06. The molecule has 2 aromatic carbocycles. The third-order valence-electron chi connectivity index (χ3n) is 3.91. The molecule has 0 aromatic heterocycles. The Morgan fingerprint density at radius 3 is 2.08 bits per heavy atom. The quantitative estimate of drug-likeness (QED) is 0.361. The van der Waals surface area contributed by atoms with Crippen molar-refractivity contribution in [3.05, 3.63) is 54.1 Å².